The number of ether oxygens (including phenoxy) is 1. The van der Waals surface area contributed by atoms with E-state index in [2.05, 4.69) is 20.6 Å². The summed E-state index contributed by atoms with van der Waals surface area (Å²) in [5.74, 6) is 1.54. The fraction of sp³-hybridized carbons (Fsp3) is 0.600. The highest BCUT2D eigenvalue weighted by atomic mass is 35.5. The second kappa shape index (κ2) is 8.57. The number of H-pyrrole nitrogens is 1. The molecule has 0 spiro atoms. The Balaban J connectivity index is 0.00000112. The van der Waals surface area contributed by atoms with Gasteiger partial charge in [0.05, 0.1) is 16.4 Å². The predicted octanol–water partition coefficient (Wildman–Crippen LogP) is 3.98. The minimum absolute atomic E-state index is 0. The molecule has 1 unspecified atom stereocenters. The lowest BCUT2D eigenvalue weighted by Crippen LogP contribution is -2.44. The first-order chi connectivity index (χ1) is 12.7. The fourth-order valence-electron chi connectivity index (χ4n) is 5.00. The number of amides is 1. The van der Waals surface area contributed by atoms with Crippen LogP contribution in [-0.4, -0.2) is 35.6 Å². The van der Waals surface area contributed by atoms with Crippen molar-refractivity contribution >= 4 is 47.4 Å². The molecule has 1 aromatic heterocycles. The minimum atomic E-state index is -0.232. The number of fused-ring (bicyclic) bond motifs is 2. The van der Waals surface area contributed by atoms with Crippen molar-refractivity contribution < 1.29 is 9.53 Å². The predicted molar refractivity (Wildman–Crippen MR) is 114 cm³/mol. The van der Waals surface area contributed by atoms with Crippen LogP contribution in [0.2, 0.25) is 0 Å². The number of aromatic amines is 1. The first kappa shape index (κ1) is 21.4. The maximum absolute atomic E-state index is 13.1. The lowest BCUT2D eigenvalue weighted by Gasteiger charge is -2.37. The highest BCUT2D eigenvalue weighted by molar-refractivity contribution is 5.97. The molecular formula is C20H28Cl2N4O2. The second-order valence-corrected chi connectivity index (χ2v) is 8.04. The summed E-state index contributed by atoms with van der Waals surface area (Å²) in [5.41, 5.74) is 2.49. The molecule has 3 N–H and O–H groups in total. The Morgan fingerprint density at radius 2 is 2.11 bits per heavy atom. The van der Waals surface area contributed by atoms with Gasteiger partial charge in [-0.1, -0.05) is 12.8 Å². The van der Waals surface area contributed by atoms with E-state index in [9.17, 15) is 4.79 Å². The summed E-state index contributed by atoms with van der Waals surface area (Å²) >= 11 is 0. The molecule has 3 atom stereocenters. The fourth-order valence-corrected chi connectivity index (χ4v) is 5.00. The number of nitrogens with zero attached hydrogens (tertiary/aromatic N) is 1. The molecule has 154 valence electrons. The summed E-state index contributed by atoms with van der Waals surface area (Å²) in [5, 5.41) is 6.63. The molecule has 0 radical (unpaired) electrons. The molecule has 3 heterocycles. The van der Waals surface area contributed by atoms with Crippen LogP contribution in [0.4, 0.5) is 5.69 Å². The average Bonchev–Trinajstić information content (AvgIpc) is 3.39. The van der Waals surface area contributed by atoms with Crippen molar-refractivity contribution in [2.24, 2.45) is 11.3 Å². The number of halogens is 2. The van der Waals surface area contributed by atoms with E-state index in [1.165, 1.54) is 6.42 Å². The molecular weight excluding hydrogens is 399 g/mol. The number of anilines is 1. The van der Waals surface area contributed by atoms with Gasteiger partial charge >= 0.3 is 0 Å². The maximum Gasteiger partial charge on any atom is 0.232 e. The summed E-state index contributed by atoms with van der Waals surface area (Å²) in [6.07, 6.45) is 6.72. The van der Waals surface area contributed by atoms with Gasteiger partial charge < -0.3 is 20.4 Å². The number of imidazole rings is 1. The van der Waals surface area contributed by atoms with Crippen LogP contribution in [0.15, 0.2) is 18.2 Å². The quantitative estimate of drug-likeness (QED) is 0.693. The standard InChI is InChI=1S/C20H26N4O2.2ClH/c25-19(20-8-2-1-4-13(20)11-21-12-20)22-14-6-7-15-16(10-14)24-18(23-15)17-5-3-9-26-17;;/h6-7,10,13,17,21H,1-5,8-9,11-12H2,(H,22,25)(H,23,24);2*1H/t13-,17?,20+;;/m0../s1. The zero-order chi connectivity index (χ0) is 17.6. The van der Waals surface area contributed by atoms with E-state index in [-0.39, 0.29) is 42.2 Å². The monoisotopic (exact) mass is 426 g/mol. The van der Waals surface area contributed by atoms with Gasteiger partial charge in [-0.05, 0) is 56.3 Å². The van der Waals surface area contributed by atoms with Crippen molar-refractivity contribution in [1.29, 1.82) is 0 Å². The average molecular weight is 427 g/mol. The van der Waals surface area contributed by atoms with Crippen LogP contribution >= 0.6 is 24.8 Å². The first-order valence-electron chi connectivity index (χ1n) is 9.88. The number of nitrogens with one attached hydrogen (secondary N) is 3. The van der Waals surface area contributed by atoms with Crippen LogP contribution < -0.4 is 10.6 Å². The second-order valence-electron chi connectivity index (χ2n) is 8.04. The van der Waals surface area contributed by atoms with E-state index in [0.717, 1.165) is 74.3 Å². The van der Waals surface area contributed by atoms with Crippen LogP contribution in [0.3, 0.4) is 0 Å². The van der Waals surface area contributed by atoms with Crippen LogP contribution in [-0.2, 0) is 9.53 Å². The lowest BCUT2D eigenvalue weighted by molar-refractivity contribution is -0.128. The molecule has 3 fully saturated rings. The Bertz CT molecular complexity index is 837. The van der Waals surface area contributed by atoms with Crippen LogP contribution in [0, 0.1) is 11.3 Å². The highest BCUT2D eigenvalue weighted by Gasteiger charge is 2.49. The molecule has 2 saturated heterocycles. The summed E-state index contributed by atoms with van der Waals surface area (Å²) in [6, 6.07) is 5.93. The van der Waals surface area contributed by atoms with E-state index in [4.69, 9.17) is 4.74 Å². The van der Waals surface area contributed by atoms with Crippen LogP contribution in [0.25, 0.3) is 11.0 Å². The van der Waals surface area contributed by atoms with Gasteiger partial charge in [0.2, 0.25) is 5.91 Å². The number of hydrogen-bond acceptors (Lipinski definition) is 4. The Labute approximate surface area is 177 Å². The van der Waals surface area contributed by atoms with Gasteiger partial charge in [-0.25, -0.2) is 4.98 Å². The molecule has 1 saturated carbocycles. The van der Waals surface area contributed by atoms with E-state index in [1.54, 1.807) is 0 Å². The van der Waals surface area contributed by atoms with E-state index < -0.39 is 0 Å². The summed E-state index contributed by atoms with van der Waals surface area (Å²) in [6.45, 7) is 2.58. The van der Waals surface area contributed by atoms with Gasteiger partial charge in [-0.3, -0.25) is 4.79 Å². The Morgan fingerprint density at radius 1 is 1.21 bits per heavy atom. The zero-order valence-electron chi connectivity index (χ0n) is 15.8. The lowest BCUT2D eigenvalue weighted by atomic mass is 9.67. The molecule has 1 aliphatic carbocycles. The molecule has 6 nitrogen and oxygen atoms in total. The van der Waals surface area contributed by atoms with E-state index in [1.807, 2.05) is 18.2 Å². The molecule has 8 heteroatoms. The van der Waals surface area contributed by atoms with Gasteiger partial charge in [-0.15, -0.1) is 24.8 Å². The third kappa shape index (κ3) is 3.63. The Hall–Kier alpha value is -1.34. The normalized spacial score (nSPS) is 29.0. The van der Waals surface area contributed by atoms with Gasteiger partial charge in [0.15, 0.2) is 0 Å². The maximum atomic E-state index is 13.1. The largest absolute Gasteiger partial charge is 0.370 e. The van der Waals surface area contributed by atoms with Crippen LogP contribution in [0.1, 0.15) is 50.5 Å². The SMILES string of the molecule is Cl.Cl.O=C(Nc1ccc2nc(C3CCCO3)[nH]c2c1)[C@@]12CCCC[C@H]1CNC2. The van der Waals surface area contributed by atoms with Gasteiger partial charge in [0.1, 0.15) is 11.9 Å². The first-order valence-corrected chi connectivity index (χ1v) is 9.88. The third-order valence-corrected chi connectivity index (χ3v) is 6.48. The Morgan fingerprint density at radius 3 is 2.93 bits per heavy atom. The third-order valence-electron chi connectivity index (χ3n) is 6.48. The topological polar surface area (TPSA) is 79.0 Å². The molecule has 0 bridgehead atoms. The summed E-state index contributed by atoms with van der Waals surface area (Å²) in [4.78, 5) is 21.2. The molecule has 1 aromatic carbocycles. The zero-order valence-corrected chi connectivity index (χ0v) is 17.5. The van der Waals surface area contributed by atoms with Crippen molar-refractivity contribution in [2.75, 3.05) is 25.0 Å². The summed E-state index contributed by atoms with van der Waals surface area (Å²) < 4.78 is 5.72. The van der Waals surface area contributed by atoms with Crippen molar-refractivity contribution in [1.82, 2.24) is 15.3 Å². The minimum Gasteiger partial charge on any atom is -0.370 e. The number of aromatic nitrogens is 2. The van der Waals surface area contributed by atoms with Crippen molar-refractivity contribution in [3.63, 3.8) is 0 Å². The summed E-state index contributed by atoms with van der Waals surface area (Å²) in [7, 11) is 0. The van der Waals surface area contributed by atoms with Gasteiger partial charge in [-0.2, -0.15) is 0 Å². The number of rotatable bonds is 3. The molecule has 2 aromatic rings. The Kier molecular flexibility index (Phi) is 6.54. The van der Waals surface area contributed by atoms with Crippen molar-refractivity contribution in [2.45, 2.75) is 44.6 Å². The molecule has 28 heavy (non-hydrogen) atoms. The van der Waals surface area contributed by atoms with Crippen molar-refractivity contribution in [3.05, 3.63) is 24.0 Å². The van der Waals surface area contributed by atoms with Gasteiger partial charge in [0.25, 0.3) is 0 Å². The number of carbonyl (C=O) groups is 1. The van der Waals surface area contributed by atoms with Crippen LogP contribution in [0.5, 0.6) is 0 Å². The van der Waals surface area contributed by atoms with E-state index >= 15 is 0 Å². The number of hydrogen-bond donors (Lipinski definition) is 3. The van der Waals surface area contributed by atoms with Gasteiger partial charge in [0, 0.05) is 18.8 Å². The molecule has 2 aliphatic heterocycles. The molecule has 1 amide bonds. The number of benzene rings is 1. The number of carbonyl (C=O) groups excluding carboxylic acids is 1. The highest BCUT2D eigenvalue weighted by Crippen LogP contribution is 2.44. The van der Waals surface area contributed by atoms with Crippen molar-refractivity contribution in [3.8, 4) is 0 Å². The van der Waals surface area contributed by atoms with E-state index in [0.29, 0.717) is 5.92 Å². The molecule has 5 rings (SSSR count). The smallest absolute Gasteiger partial charge is 0.232 e. The molecule has 3 aliphatic rings.